The van der Waals surface area contributed by atoms with Crippen molar-refractivity contribution >= 4 is 16.6 Å². The van der Waals surface area contributed by atoms with Gasteiger partial charge in [-0.05, 0) is 31.5 Å². The summed E-state index contributed by atoms with van der Waals surface area (Å²) in [5.74, 6) is 0. The number of nitrogens with zero attached hydrogens (tertiary/aromatic N) is 1. The lowest BCUT2D eigenvalue weighted by atomic mass is 10.1. The third-order valence-electron chi connectivity index (χ3n) is 3.10. The molecule has 0 bridgehead atoms. The molecule has 0 aliphatic heterocycles. The van der Waals surface area contributed by atoms with Gasteiger partial charge in [-0.2, -0.15) is 13.2 Å². The molecule has 2 nitrogen and oxygen atoms in total. The summed E-state index contributed by atoms with van der Waals surface area (Å²) < 4.78 is 39.0. The van der Waals surface area contributed by atoms with Crippen LogP contribution >= 0.6 is 0 Å². The number of hydrogen-bond acceptors (Lipinski definition) is 2. The molecule has 1 aromatic heterocycles. The van der Waals surface area contributed by atoms with E-state index in [9.17, 15) is 13.2 Å². The van der Waals surface area contributed by atoms with E-state index in [0.29, 0.717) is 11.2 Å². The molecular weight excluding hydrogens is 265 g/mol. The second kappa shape index (κ2) is 5.69. The van der Waals surface area contributed by atoms with Gasteiger partial charge in [-0.25, -0.2) is 0 Å². The molecular formula is C15H17F3N2. The number of halogens is 3. The normalized spacial score (nSPS) is 11.8. The van der Waals surface area contributed by atoms with E-state index in [2.05, 4.69) is 17.2 Å². The maximum Gasteiger partial charge on any atom is 0.417 e. The average molecular weight is 282 g/mol. The zero-order valence-electron chi connectivity index (χ0n) is 11.5. The molecule has 0 fully saturated rings. The van der Waals surface area contributed by atoms with Crippen LogP contribution in [0.15, 0.2) is 24.3 Å². The standard InChI is InChI=1S/C15H17F3N2/c1-3-4-7-19-11-5-6-12-13(15(16,17)18)8-10(2)20-14(12)9-11/h5-6,8-9,19H,3-4,7H2,1-2H3. The molecule has 2 rings (SSSR count). The van der Waals surface area contributed by atoms with Crippen molar-refractivity contribution in [1.29, 1.82) is 0 Å². The van der Waals surface area contributed by atoms with Crippen molar-refractivity contribution in [3.8, 4) is 0 Å². The fraction of sp³-hybridized carbons (Fsp3) is 0.400. The van der Waals surface area contributed by atoms with E-state index in [1.54, 1.807) is 19.1 Å². The zero-order chi connectivity index (χ0) is 14.8. The predicted molar refractivity (Wildman–Crippen MR) is 74.9 cm³/mol. The lowest BCUT2D eigenvalue weighted by Crippen LogP contribution is -2.07. The first-order chi connectivity index (χ1) is 9.41. The predicted octanol–water partition coefficient (Wildman–Crippen LogP) is 4.77. The minimum absolute atomic E-state index is 0.143. The van der Waals surface area contributed by atoms with E-state index in [1.165, 1.54) is 6.07 Å². The number of anilines is 1. The Morgan fingerprint density at radius 1 is 1.20 bits per heavy atom. The number of aromatic nitrogens is 1. The summed E-state index contributed by atoms with van der Waals surface area (Å²) in [5.41, 5.74) is 0.923. The summed E-state index contributed by atoms with van der Waals surface area (Å²) in [5, 5.41) is 3.34. The Kier molecular flexibility index (Phi) is 4.16. The molecule has 1 aromatic carbocycles. The molecule has 0 unspecified atom stereocenters. The summed E-state index contributed by atoms with van der Waals surface area (Å²) in [4.78, 5) is 4.20. The Morgan fingerprint density at radius 2 is 1.95 bits per heavy atom. The number of hydrogen-bond donors (Lipinski definition) is 1. The Labute approximate surface area is 116 Å². The van der Waals surface area contributed by atoms with Crippen LogP contribution in [0.2, 0.25) is 0 Å². The summed E-state index contributed by atoms with van der Waals surface area (Å²) in [6.45, 7) is 4.47. The highest BCUT2D eigenvalue weighted by atomic mass is 19.4. The van der Waals surface area contributed by atoms with E-state index >= 15 is 0 Å². The molecule has 5 heteroatoms. The largest absolute Gasteiger partial charge is 0.417 e. The third-order valence-corrected chi connectivity index (χ3v) is 3.10. The topological polar surface area (TPSA) is 24.9 Å². The molecule has 0 aliphatic rings. The van der Waals surface area contributed by atoms with Crippen LogP contribution in [0.3, 0.4) is 0 Å². The second-order valence-electron chi connectivity index (χ2n) is 4.82. The smallest absolute Gasteiger partial charge is 0.385 e. The maximum absolute atomic E-state index is 13.0. The number of pyridine rings is 1. The molecule has 0 aliphatic carbocycles. The molecule has 0 saturated heterocycles. The second-order valence-corrected chi connectivity index (χ2v) is 4.82. The minimum atomic E-state index is -4.36. The lowest BCUT2D eigenvalue weighted by Gasteiger charge is -2.12. The summed E-state index contributed by atoms with van der Waals surface area (Å²) in [6.07, 6.45) is -2.27. The van der Waals surface area contributed by atoms with Crippen molar-refractivity contribution in [2.24, 2.45) is 0 Å². The number of alkyl halides is 3. The van der Waals surface area contributed by atoms with Crippen LogP contribution in [0, 0.1) is 6.92 Å². The monoisotopic (exact) mass is 282 g/mol. The highest BCUT2D eigenvalue weighted by Crippen LogP contribution is 2.35. The minimum Gasteiger partial charge on any atom is -0.385 e. The number of fused-ring (bicyclic) bond motifs is 1. The number of rotatable bonds is 4. The van der Waals surface area contributed by atoms with Gasteiger partial charge in [0.1, 0.15) is 0 Å². The lowest BCUT2D eigenvalue weighted by molar-refractivity contribution is -0.136. The maximum atomic E-state index is 13.0. The molecule has 0 saturated carbocycles. The molecule has 20 heavy (non-hydrogen) atoms. The Balaban J connectivity index is 2.43. The first-order valence-corrected chi connectivity index (χ1v) is 6.64. The first kappa shape index (κ1) is 14.6. The van der Waals surface area contributed by atoms with Crippen LogP contribution in [0.5, 0.6) is 0 Å². The molecule has 1 N–H and O–H groups in total. The van der Waals surface area contributed by atoms with E-state index in [4.69, 9.17) is 0 Å². The Hall–Kier alpha value is -1.78. The highest BCUT2D eigenvalue weighted by Gasteiger charge is 2.33. The van der Waals surface area contributed by atoms with Gasteiger partial charge >= 0.3 is 6.18 Å². The van der Waals surface area contributed by atoms with Gasteiger partial charge in [-0.15, -0.1) is 0 Å². The first-order valence-electron chi connectivity index (χ1n) is 6.64. The molecule has 0 atom stereocenters. The molecule has 108 valence electrons. The molecule has 0 radical (unpaired) electrons. The number of benzene rings is 1. The van der Waals surface area contributed by atoms with Gasteiger partial charge < -0.3 is 5.32 Å². The van der Waals surface area contributed by atoms with Crippen LogP contribution in [-0.2, 0) is 6.18 Å². The van der Waals surface area contributed by atoms with Gasteiger partial charge in [0.2, 0.25) is 0 Å². The van der Waals surface area contributed by atoms with Gasteiger partial charge in [0.25, 0.3) is 0 Å². The van der Waals surface area contributed by atoms with Crippen LogP contribution < -0.4 is 5.32 Å². The van der Waals surface area contributed by atoms with Gasteiger partial charge in [-0.1, -0.05) is 19.4 Å². The van der Waals surface area contributed by atoms with Crippen LogP contribution in [0.4, 0.5) is 18.9 Å². The van der Waals surface area contributed by atoms with Crippen molar-refractivity contribution in [2.45, 2.75) is 32.9 Å². The quantitative estimate of drug-likeness (QED) is 0.817. The third kappa shape index (κ3) is 3.21. The molecule has 0 spiro atoms. The van der Waals surface area contributed by atoms with Gasteiger partial charge in [0.15, 0.2) is 0 Å². The van der Waals surface area contributed by atoms with E-state index in [0.717, 1.165) is 31.1 Å². The fourth-order valence-electron chi connectivity index (χ4n) is 2.11. The number of nitrogens with one attached hydrogen (secondary N) is 1. The van der Waals surface area contributed by atoms with Crippen molar-refractivity contribution in [2.75, 3.05) is 11.9 Å². The van der Waals surface area contributed by atoms with Gasteiger partial charge in [0, 0.05) is 23.3 Å². The average Bonchev–Trinajstić information content (AvgIpc) is 2.36. The summed E-state index contributed by atoms with van der Waals surface area (Å²) in [7, 11) is 0. The van der Waals surface area contributed by atoms with Crippen molar-refractivity contribution < 1.29 is 13.2 Å². The molecule has 0 amide bonds. The van der Waals surface area contributed by atoms with Gasteiger partial charge in [0.05, 0.1) is 11.1 Å². The van der Waals surface area contributed by atoms with Crippen LogP contribution in [0.25, 0.3) is 10.9 Å². The van der Waals surface area contributed by atoms with E-state index < -0.39 is 11.7 Å². The van der Waals surface area contributed by atoms with Crippen LogP contribution in [0.1, 0.15) is 31.0 Å². The number of unbranched alkanes of at least 4 members (excludes halogenated alkanes) is 1. The summed E-state index contributed by atoms with van der Waals surface area (Å²) in [6, 6.07) is 5.92. The highest BCUT2D eigenvalue weighted by molar-refractivity contribution is 5.86. The summed E-state index contributed by atoms with van der Waals surface area (Å²) >= 11 is 0. The molecule has 1 heterocycles. The van der Waals surface area contributed by atoms with Crippen molar-refractivity contribution in [3.05, 3.63) is 35.5 Å². The fourth-order valence-corrected chi connectivity index (χ4v) is 2.11. The Bertz CT molecular complexity index is 606. The number of aryl methyl sites for hydroxylation is 1. The van der Waals surface area contributed by atoms with E-state index in [-0.39, 0.29) is 5.39 Å². The molecule has 2 aromatic rings. The van der Waals surface area contributed by atoms with Crippen LogP contribution in [-0.4, -0.2) is 11.5 Å². The van der Waals surface area contributed by atoms with Gasteiger partial charge in [-0.3, -0.25) is 4.98 Å². The van der Waals surface area contributed by atoms with Crippen molar-refractivity contribution in [1.82, 2.24) is 4.98 Å². The van der Waals surface area contributed by atoms with Crippen molar-refractivity contribution in [3.63, 3.8) is 0 Å². The zero-order valence-corrected chi connectivity index (χ0v) is 11.5. The Morgan fingerprint density at radius 3 is 2.60 bits per heavy atom. The SMILES string of the molecule is CCCCNc1ccc2c(C(F)(F)F)cc(C)nc2c1. The van der Waals surface area contributed by atoms with E-state index in [1.807, 2.05) is 0 Å².